The average molecular weight is 478 g/mol. The lowest BCUT2D eigenvalue weighted by molar-refractivity contribution is -0.116. The van der Waals surface area contributed by atoms with Gasteiger partial charge in [-0.05, 0) is 37.1 Å². The molecule has 0 unspecified atom stereocenters. The molecule has 0 fully saturated rings. The molecule has 2 aromatic carbocycles. The van der Waals surface area contributed by atoms with Crippen molar-refractivity contribution in [2.24, 2.45) is 0 Å². The minimum Gasteiger partial charge on any atom is -0.497 e. The van der Waals surface area contributed by atoms with Crippen molar-refractivity contribution in [3.63, 3.8) is 0 Å². The van der Waals surface area contributed by atoms with Crippen LogP contribution in [0.3, 0.4) is 0 Å². The average Bonchev–Trinajstić information content (AvgIpc) is 3.23. The first-order valence-electron chi connectivity index (χ1n) is 11.8. The highest BCUT2D eigenvalue weighted by molar-refractivity contribution is 5.96. The number of nitrogens with one attached hydrogen (secondary N) is 2. The smallest absolute Gasteiger partial charge is 0.322 e. The summed E-state index contributed by atoms with van der Waals surface area (Å²) >= 11 is 0. The van der Waals surface area contributed by atoms with Crippen LogP contribution in [0.25, 0.3) is 5.69 Å². The van der Waals surface area contributed by atoms with Gasteiger partial charge in [-0.1, -0.05) is 52.0 Å². The fourth-order valence-electron chi connectivity index (χ4n) is 3.60. The number of hydrogen-bond donors (Lipinski definition) is 2. The molecule has 0 saturated carbocycles. The van der Waals surface area contributed by atoms with Crippen LogP contribution < -0.4 is 15.4 Å². The summed E-state index contributed by atoms with van der Waals surface area (Å²) in [5, 5.41) is 10.6. The highest BCUT2D eigenvalue weighted by Gasteiger charge is 2.23. The van der Waals surface area contributed by atoms with Crippen LogP contribution in [0.5, 0.6) is 5.75 Å². The van der Waals surface area contributed by atoms with Crippen LogP contribution >= 0.6 is 0 Å². The van der Waals surface area contributed by atoms with Crippen LogP contribution in [0.2, 0.25) is 0 Å². The third-order valence-corrected chi connectivity index (χ3v) is 5.53. The fourth-order valence-corrected chi connectivity index (χ4v) is 3.60. The zero-order chi connectivity index (χ0) is 25.6. The van der Waals surface area contributed by atoms with Crippen LogP contribution in [-0.2, 0) is 10.2 Å². The van der Waals surface area contributed by atoms with Crippen LogP contribution in [0.15, 0.2) is 54.6 Å². The molecule has 1 aromatic heterocycles. The second kappa shape index (κ2) is 11.1. The number of nitrogens with zero attached hydrogens (tertiary/aromatic N) is 3. The predicted octanol–water partition coefficient (Wildman–Crippen LogP) is 5.37. The van der Waals surface area contributed by atoms with Crippen LogP contribution in [0.4, 0.5) is 16.3 Å². The lowest BCUT2D eigenvalue weighted by Crippen LogP contribution is -2.41. The summed E-state index contributed by atoms with van der Waals surface area (Å²) in [5.41, 5.74) is 3.19. The number of methoxy groups -OCH3 is 1. The maximum atomic E-state index is 13.1. The van der Waals surface area contributed by atoms with Gasteiger partial charge in [0.1, 0.15) is 18.1 Å². The Morgan fingerprint density at radius 3 is 2.46 bits per heavy atom. The number of carbonyl (C=O) groups is 2. The van der Waals surface area contributed by atoms with Gasteiger partial charge in [0, 0.05) is 29.8 Å². The molecule has 3 aromatic rings. The third kappa shape index (κ3) is 6.62. The van der Waals surface area contributed by atoms with E-state index in [0.717, 1.165) is 16.9 Å². The second-order valence-electron chi connectivity index (χ2n) is 9.49. The van der Waals surface area contributed by atoms with Gasteiger partial charge in [-0.2, -0.15) is 5.10 Å². The Hall–Kier alpha value is -3.81. The molecule has 2 N–H and O–H groups in total. The quantitative estimate of drug-likeness (QED) is 0.457. The number of rotatable bonds is 8. The van der Waals surface area contributed by atoms with Gasteiger partial charge in [0.05, 0.1) is 18.5 Å². The van der Waals surface area contributed by atoms with Gasteiger partial charge in [0.2, 0.25) is 5.91 Å². The molecule has 0 saturated heterocycles. The molecule has 8 nitrogen and oxygen atoms in total. The number of anilines is 2. The van der Waals surface area contributed by atoms with Gasteiger partial charge in [0.25, 0.3) is 0 Å². The molecule has 8 heteroatoms. The van der Waals surface area contributed by atoms with E-state index in [0.29, 0.717) is 30.2 Å². The summed E-state index contributed by atoms with van der Waals surface area (Å²) in [6, 6.07) is 16.5. The Morgan fingerprint density at radius 1 is 1.06 bits per heavy atom. The van der Waals surface area contributed by atoms with E-state index in [9.17, 15) is 9.59 Å². The summed E-state index contributed by atoms with van der Waals surface area (Å²) in [6.45, 7) is 10.6. The van der Waals surface area contributed by atoms with Crippen LogP contribution in [0.1, 0.15) is 45.4 Å². The Kier molecular flexibility index (Phi) is 8.17. The first kappa shape index (κ1) is 25.8. The van der Waals surface area contributed by atoms with Crippen LogP contribution in [-0.4, -0.2) is 46.8 Å². The molecule has 0 aliphatic carbocycles. The van der Waals surface area contributed by atoms with Crippen molar-refractivity contribution in [3.8, 4) is 11.4 Å². The maximum Gasteiger partial charge on any atom is 0.322 e. The molecule has 0 spiro atoms. The van der Waals surface area contributed by atoms with Crippen molar-refractivity contribution in [1.29, 1.82) is 0 Å². The van der Waals surface area contributed by atoms with E-state index >= 15 is 0 Å². The van der Waals surface area contributed by atoms with Gasteiger partial charge in [0.15, 0.2) is 0 Å². The largest absolute Gasteiger partial charge is 0.497 e. The minimum absolute atomic E-state index is 0.0898. The highest BCUT2D eigenvalue weighted by Crippen LogP contribution is 2.27. The van der Waals surface area contributed by atoms with Gasteiger partial charge in [-0.3, -0.25) is 4.79 Å². The lowest BCUT2D eigenvalue weighted by atomic mass is 9.92. The number of carbonyl (C=O) groups excluding carboxylic acids is 2. The first-order valence-corrected chi connectivity index (χ1v) is 11.8. The Morgan fingerprint density at radius 2 is 1.80 bits per heavy atom. The Labute approximate surface area is 207 Å². The van der Waals surface area contributed by atoms with E-state index in [2.05, 4.69) is 31.4 Å². The predicted molar refractivity (Wildman–Crippen MR) is 140 cm³/mol. The number of ether oxygens (including phenoxy) is 1. The van der Waals surface area contributed by atoms with Crippen molar-refractivity contribution in [1.82, 2.24) is 14.7 Å². The van der Waals surface area contributed by atoms with Crippen LogP contribution in [0, 0.1) is 6.92 Å². The molecule has 3 amide bonds. The minimum atomic E-state index is -0.349. The summed E-state index contributed by atoms with van der Waals surface area (Å²) in [6.07, 6.45) is 0.716. The maximum absolute atomic E-state index is 13.1. The summed E-state index contributed by atoms with van der Waals surface area (Å²) in [4.78, 5) is 27.5. The van der Waals surface area contributed by atoms with Crippen molar-refractivity contribution >= 4 is 23.4 Å². The normalized spacial score (nSPS) is 11.1. The zero-order valence-electron chi connectivity index (χ0n) is 21.4. The van der Waals surface area contributed by atoms with E-state index < -0.39 is 0 Å². The molecule has 0 atom stereocenters. The highest BCUT2D eigenvalue weighted by atomic mass is 16.5. The molecule has 3 rings (SSSR count). The summed E-state index contributed by atoms with van der Waals surface area (Å²) in [7, 11) is 1.57. The number of amides is 3. The molecule has 0 aliphatic rings. The molecular weight excluding hydrogens is 442 g/mol. The monoisotopic (exact) mass is 477 g/mol. The van der Waals surface area contributed by atoms with E-state index in [1.54, 1.807) is 36.1 Å². The zero-order valence-corrected chi connectivity index (χ0v) is 21.4. The number of aryl methyl sites for hydroxylation is 1. The van der Waals surface area contributed by atoms with Gasteiger partial charge < -0.3 is 20.3 Å². The Bertz CT molecular complexity index is 1180. The number of benzene rings is 2. The topological polar surface area (TPSA) is 88.5 Å². The fraction of sp³-hybridized carbons (Fsp3) is 0.370. The third-order valence-electron chi connectivity index (χ3n) is 5.53. The van der Waals surface area contributed by atoms with Gasteiger partial charge >= 0.3 is 6.03 Å². The molecule has 0 bridgehead atoms. The van der Waals surface area contributed by atoms with Crippen molar-refractivity contribution in [2.45, 2.75) is 46.5 Å². The first-order chi connectivity index (χ1) is 16.6. The van der Waals surface area contributed by atoms with E-state index in [4.69, 9.17) is 9.84 Å². The molecule has 1 heterocycles. The molecule has 186 valence electrons. The van der Waals surface area contributed by atoms with E-state index in [1.165, 1.54) is 4.90 Å². The van der Waals surface area contributed by atoms with Gasteiger partial charge in [-0.15, -0.1) is 0 Å². The van der Waals surface area contributed by atoms with Crippen molar-refractivity contribution in [3.05, 3.63) is 65.9 Å². The molecular formula is C27H35N5O3. The molecule has 0 radical (unpaired) electrons. The standard InChI is InChI=1S/C27H35N5O3/c1-7-15-31(26(34)28-20-12-10-13-21(16-20)35-6)18-25(33)29-24-17-23(27(3,4)5)30-32(24)22-14-9-8-11-19(22)2/h8-14,16-17H,7,15,18H2,1-6H3,(H,28,34)(H,29,33). The van der Waals surface area contributed by atoms with E-state index in [-0.39, 0.29) is 23.9 Å². The SMILES string of the molecule is CCCN(CC(=O)Nc1cc(C(C)(C)C)nn1-c1ccccc1C)C(=O)Nc1cccc(OC)c1. The number of aromatic nitrogens is 2. The summed E-state index contributed by atoms with van der Waals surface area (Å²) < 4.78 is 6.98. The summed E-state index contributed by atoms with van der Waals surface area (Å²) in [5.74, 6) is 0.912. The van der Waals surface area contributed by atoms with Gasteiger partial charge in [-0.25, -0.2) is 9.48 Å². The Balaban J connectivity index is 1.80. The second-order valence-corrected chi connectivity index (χ2v) is 9.49. The lowest BCUT2D eigenvalue weighted by Gasteiger charge is -2.22. The number of urea groups is 1. The number of hydrogen-bond acceptors (Lipinski definition) is 4. The van der Waals surface area contributed by atoms with Crippen molar-refractivity contribution < 1.29 is 14.3 Å². The van der Waals surface area contributed by atoms with Crippen molar-refractivity contribution in [2.75, 3.05) is 30.8 Å². The van der Waals surface area contributed by atoms with E-state index in [1.807, 2.05) is 44.2 Å². The number of para-hydroxylation sites is 1. The molecule has 0 aliphatic heterocycles. The molecule has 35 heavy (non-hydrogen) atoms.